The summed E-state index contributed by atoms with van der Waals surface area (Å²) in [5.74, 6) is -0.740. The van der Waals surface area contributed by atoms with Crippen LogP contribution in [0.1, 0.15) is 40.9 Å². The molecule has 0 unspecified atom stereocenters. The molecule has 0 bridgehead atoms. The van der Waals surface area contributed by atoms with Crippen molar-refractivity contribution in [2.24, 2.45) is 0 Å². The van der Waals surface area contributed by atoms with Crippen molar-refractivity contribution in [3.05, 3.63) is 10.6 Å². The fourth-order valence-corrected chi connectivity index (χ4v) is 1.85. The summed E-state index contributed by atoms with van der Waals surface area (Å²) in [4.78, 5) is 37.5. The third kappa shape index (κ3) is 4.32. The van der Waals surface area contributed by atoms with Crippen molar-refractivity contribution >= 4 is 34.8 Å². The average Bonchev–Trinajstić information content (AvgIpc) is 2.68. The molecule has 1 amide bonds. The lowest BCUT2D eigenvalue weighted by Gasteiger charge is -2.18. The lowest BCUT2D eigenvalue weighted by molar-refractivity contribution is 0.0588. The van der Waals surface area contributed by atoms with E-state index >= 15 is 0 Å². The summed E-state index contributed by atoms with van der Waals surface area (Å²) in [7, 11) is 1.18. The van der Waals surface area contributed by atoms with Gasteiger partial charge < -0.3 is 9.47 Å². The van der Waals surface area contributed by atoms with Gasteiger partial charge >= 0.3 is 12.1 Å². The van der Waals surface area contributed by atoms with Gasteiger partial charge in [-0.2, -0.15) is 0 Å². The number of esters is 1. The molecule has 0 aliphatic carbocycles. The second kappa shape index (κ2) is 5.79. The van der Waals surface area contributed by atoms with Crippen LogP contribution in [-0.4, -0.2) is 36.0 Å². The quantitative estimate of drug-likeness (QED) is 0.675. The molecule has 0 fully saturated rings. The van der Waals surface area contributed by atoms with E-state index < -0.39 is 17.7 Å². The third-order valence-electron chi connectivity index (χ3n) is 1.75. The second-order valence-electron chi connectivity index (χ2n) is 4.47. The standard InChI is InChI=1S/C11H14N2O5S/c1-11(2,3)18-10(16)13-9-12-7(8(15)17-4)6(5-14)19-9/h5H,1-4H3,(H,12,13,16). The summed E-state index contributed by atoms with van der Waals surface area (Å²) in [6.45, 7) is 5.14. The Labute approximate surface area is 113 Å². The van der Waals surface area contributed by atoms with Crippen LogP contribution < -0.4 is 5.32 Å². The SMILES string of the molecule is COC(=O)c1nc(NC(=O)OC(C)(C)C)sc1C=O. The molecule has 0 aromatic carbocycles. The summed E-state index contributed by atoms with van der Waals surface area (Å²) in [6.07, 6.45) is -0.236. The van der Waals surface area contributed by atoms with Gasteiger partial charge in [0, 0.05) is 0 Å². The molecule has 1 N–H and O–H groups in total. The average molecular weight is 286 g/mol. The number of methoxy groups -OCH3 is 1. The van der Waals surface area contributed by atoms with Crippen molar-refractivity contribution in [2.45, 2.75) is 26.4 Å². The van der Waals surface area contributed by atoms with E-state index in [0.29, 0.717) is 6.29 Å². The van der Waals surface area contributed by atoms with Crippen molar-refractivity contribution in [2.75, 3.05) is 12.4 Å². The fourth-order valence-electron chi connectivity index (χ4n) is 1.10. The van der Waals surface area contributed by atoms with E-state index in [-0.39, 0.29) is 15.7 Å². The first-order valence-electron chi connectivity index (χ1n) is 5.31. The molecular formula is C11H14N2O5S. The predicted octanol–water partition coefficient (Wildman–Crippen LogP) is 2.09. The zero-order chi connectivity index (χ0) is 14.6. The zero-order valence-corrected chi connectivity index (χ0v) is 11.8. The topological polar surface area (TPSA) is 94.6 Å². The highest BCUT2D eigenvalue weighted by molar-refractivity contribution is 7.17. The van der Waals surface area contributed by atoms with Crippen LogP contribution in [0.5, 0.6) is 0 Å². The molecule has 1 aromatic heterocycles. The van der Waals surface area contributed by atoms with E-state index in [1.165, 1.54) is 7.11 Å². The van der Waals surface area contributed by atoms with Crippen LogP contribution in [0.15, 0.2) is 0 Å². The number of aromatic nitrogens is 1. The highest BCUT2D eigenvalue weighted by Crippen LogP contribution is 2.22. The minimum atomic E-state index is -0.740. The van der Waals surface area contributed by atoms with Gasteiger partial charge in [0.05, 0.1) is 7.11 Å². The molecule has 1 heterocycles. The Kier molecular flexibility index (Phi) is 4.60. The minimum Gasteiger partial charge on any atom is -0.464 e. The van der Waals surface area contributed by atoms with Gasteiger partial charge in [0.2, 0.25) is 0 Å². The summed E-state index contributed by atoms with van der Waals surface area (Å²) >= 11 is 0.866. The van der Waals surface area contributed by atoms with Gasteiger partial charge in [0.1, 0.15) is 10.5 Å². The van der Waals surface area contributed by atoms with Crippen molar-refractivity contribution in [1.82, 2.24) is 4.98 Å². The summed E-state index contributed by atoms with van der Waals surface area (Å²) in [6, 6.07) is 0. The van der Waals surface area contributed by atoms with Gasteiger partial charge in [-0.05, 0) is 20.8 Å². The number of anilines is 1. The molecule has 104 valence electrons. The summed E-state index contributed by atoms with van der Waals surface area (Å²) in [5.41, 5.74) is -0.784. The Morgan fingerprint density at radius 1 is 1.37 bits per heavy atom. The summed E-state index contributed by atoms with van der Waals surface area (Å²) < 4.78 is 9.50. The Morgan fingerprint density at radius 2 is 2.00 bits per heavy atom. The number of nitrogens with one attached hydrogen (secondary N) is 1. The molecule has 0 aliphatic heterocycles. The number of hydrogen-bond donors (Lipinski definition) is 1. The number of carbonyl (C=O) groups is 3. The highest BCUT2D eigenvalue weighted by Gasteiger charge is 2.21. The number of hydrogen-bond acceptors (Lipinski definition) is 7. The van der Waals surface area contributed by atoms with Gasteiger partial charge in [-0.3, -0.25) is 10.1 Å². The fraction of sp³-hybridized carbons (Fsp3) is 0.455. The van der Waals surface area contributed by atoms with Gasteiger partial charge in [-0.25, -0.2) is 14.6 Å². The van der Waals surface area contributed by atoms with Crippen LogP contribution in [0.3, 0.4) is 0 Å². The molecule has 1 aromatic rings. The Morgan fingerprint density at radius 3 is 2.47 bits per heavy atom. The van der Waals surface area contributed by atoms with Gasteiger partial charge in [0.15, 0.2) is 17.1 Å². The number of amides is 1. The molecule has 0 aliphatic rings. The van der Waals surface area contributed by atoms with E-state index in [1.54, 1.807) is 20.8 Å². The monoisotopic (exact) mass is 286 g/mol. The van der Waals surface area contributed by atoms with Crippen molar-refractivity contribution in [3.8, 4) is 0 Å². The van der Waals surface area contributed by atoms with Crippen LogP contribution in [0.4, 0.5) is 9.93 Å². The first-order valence-corrected chi connectivity index (χ1v) is 6.13. The molecule has 0 radical (unpaired) electrons. The number of aldehydes is 1. The Bertz CT molecular complexity index is 504. The molecule has 1 rings (SSSR count). The molecule has 0 saturated carbocycles. The molecule has 8 heteroatoms. The van der Waals surface area contributed by atoms with E-state index in [9.17, 15) is 14.4 Å². The third-order valence-corrected chi connectivity index (χ3v) is 2.64. The smallest absolute Gasteiger partial charge is 0.413 e. The number of rotatable bonds is 3. The Hall–Kier alpha value is -1.96. The first kappa shape index (κ1) is 15.1. The molecule has 7 nitrogen and oxygen atoms in total. The largest absolute Gasteiger partial charge is 0.464 e. The van der Waals surface area contributed by atoms with E-state index in [0.717, 1.165) is 11.3 Å². The first-order chi connectivity index (χ1) is 8.76. The van der Waals surface area contributed by atoms with Crippen LogP contribution in [-0.2, 0) is 9.47 Å². The zero-order valence-electron chi connectivity index (χ0n) is 11.0. The van der Waals surface area contributed by atoms with E-state index in [4.69, 9.17) is 4.74 Å². The molecule has 0 saturated heterocycles. The Balaban J connectivity index is 2.86. The van der Waals surface area contributed by atoms with Gasteiger partial charge in [-0.1, -0.05) is 11.3 Å². The van der Waals surface area contributed by atoms with Crippen LogP contribution >= 0.6 is 11.3 Å². The lowest BCUT2D eigenvalue weighted by Crippen LogP contribution is -2.27. The maximum Gasteiger partial charge on any atom is 0.413 e. The minimum absolute atomic E-state index is 0.0814. The maximum absolute atomic E-state index is 11.5. The molecular weight excluding hydrogens is 272 g/mol. The van der Waals surface area contributed by atoms with Crippen LogP contribution in [0, 0.1) is 0 Å². The number of thiazole rings is 1. The molecule has 0 atom stereocenters. The lowest BCUT2D eigenvalue weighted by atomic mass is 10.2. The number of nitrogens with zero attached hydrogens (tertiary/aromatic N) is 1. The van der Waals surface area contributed by atoms with Crippen molar-refractivity contribution < 1.29 is 23.9 Å². The predicted molar refractivity (Wildman–Crippen MR) is 68.7 cm³/mol. The van der Waals surface area contributed by atoms with Gasteiger partial charge in [-0.15, -0.1) is 0 Å². The maximum atomic E-state index is 11.5. The van der Waals surface area contributed by atoms with Crippen LogP contribution in [0.25, 0.3) is 0 Å². The highest BCUT2D eigenvalue weighted by atomic mass is 32.1. The van der Waals surface area contributed by atoms with Crippen LogP contribution in [0.2, 0.25) is 0 Å². The molecule has 0 spiro atoms. The molecule has 19 heavy (non-hydrogen) atoms. The van der Waals surface area contributed by atoms with Crippen molar-refractivity contribution in [1.29, 1.82) is 0 Å². The summed E-state index contributed by atoms with van der Waals surface area (Å²) in [5, 5.41) is 2.45. The van der Waals surface area contributed by atoms with Crippen molar-refractivity contribution in [3.63, 3.8) is 0 Å². The van der Waals surface area contributed by atoms with E-state index in [1.807, 2.05) is 0 Å². The second-order valence-corrected chi connectivity index (χ2v) is 5.50. The van der Waals surface area contributed by atoms with Gasteiger partial charge in [0.25, 0.3) is 0 Å². The normalized spacial score (nSPS) is 10.7. The number of carbonyl (C=O) groups excluding carboxylic acids is 3. The van der Waals surface area contributed by atoms with E-state index in [2.05, 4.69) is 15.0 Å². The number of ether oxygens (including phenoxy) is 2.